The number of carbonyl (C=O) groups is 1. The van der Waals surface area contributed by atoms with Gasteiger partial charge in [-0.3, -0.25) is 4.79 Å². The Hall–Kier alpha value is -1.80. The van der Waals surface area contributed by atoms with Crippen molar-refractivity contribution in [2.75, 3.05) is 13.2 Å². The summed E-state index contributed by atoms with van der Waals surface area (Å²) in [6.07, 6.45) is 0.149. The fraction of sp³-hybridized carbons (Fsp3) is 0.316. The first-order valence-corrected chi connectivity index (χ1v) is 9.28. The van der Waals surface area contributed by atoms with Gasteiger partial charge in [0, 0.05) is 10.1 Å². The lowest BCUT2D eigenvalue weighted by Gasteiger charge is -2.25. The van der Waals surface area contributed by atoms with E-state index in [1.54, 1.807) is 0 Å². The summed E-state index contributed by atoms with van der Waals surface area (Å²) in [5, 5.41) is 12.7. The Labute approximate surface area is 160 Å². The van der Waals surface area contributed by atoms with Crippen LogP contribution in [0.3, 0.4) is 0 Å². The molecule has 2 atom stereocenters. The molecule has 2 aromatic carbocycles. The van der Waals surface area contributed by atoms with Crippen molar-refractivity contribution in [1.82, 2.24) is 5.32 Å². The second-order valence-corrected chi connectivity index (χ2v) is 7.17. The number of rotatable bonds is 6. The fourth-order valence-electron chi connectivity index (χ4n) is 2.64. The zero-order valence-corrected chi connectivity index (χ0v) is 15.8. The highest BCUT2D eigenvalue weighted by Gasteiger charge is 2.26. The van der Waals surface area contributed by atoms with Crippen molar-refractivity contribution < 1.29 is 19.4 Å². The summed E-state index contributed by atoms with van der Waals surface area (Å²) in [6, 6.07) is 15.2. The van der Waals surface area contributed by atoms with Gasteiger partial charge in [0.1, 0.15) is 24.2 Å². The zero-order valence-electron chi connectivity index (χ0n) is 13.7. The summed E-state index contributed by atoms with van der Waals surface area (Å²) in [7, 11) is 0. The second kappa shape index (κ2) is 8.53. The number of para-hydroxylation sites is 1. The third kappa shape index (κ3) is 5.09. The molecule has 25 heavy (non-hydrogen) atoms. The van der Waals surface area contributed by atoms with Crippen LogP contribution in [-0.2, 0) is 11.2 Å². The number of aryl methyl sites for hydroxylation is 1. The van der Waals surface area contributed by atoms with E-state index in [1.165, 1.54) is 0 Å². The third-order valence-corrected chi connectivity index (χ3v) is 4.63. The van der Waals surface area contributed by atoms with Crippen molar-refractivity contribution in [3.63, 3.8) is 0 Å². The first kappa shape index (κ1) is 18.0. The van der Waals surface area contributed by atoms with Crippen molar-refractivity contribution in [2.45, 2.75) is 25.0 Å². The van der Waals surface area contributed by atoms with Crippen molar-refractivity contribution >= 4 is 28.5 Å². The molecule has 0 unspecified atom stereocenters. The van der Waals surface area contributed by atoms with Gasteiger partial charge in [-0.05, 0) is 71.3 Å². The third-order valence-electron chi connectivity index (χ3n) is 3.96. The molecule has 0 aromatic heterocycles. The van der Waals surface area contributed by atoms with E-state index >= 15 is 0 Å². The molecule has 1 aliphatic heterocycles. The average Bonchev–Trinajstić information content (AvgIpc) is 2.64. The quantitative estimate of drug-likeness (QED) is 0.660. The minimum absolute atomic E-state index is 0.122. The largest absolute Gasteiger partial charge is 0.491 e. The number of benzene rings is 2. The first-order valence-electron chi connectivity index (χ1n) is 8.20. The lowest BCUT2D eigenvalue weighted by molar-refractivity contribution is -0.129. The summed E-state index contributed by atoms with van der Waals surface area (Å²) < 4.78 is 12.4. The lowest BCUT2D eigenvalue weighted by Crippen LogP contribution is -2.44. The molecule has 1 heterocycles. The molecule has 2 aromatic rings. The summed E-state index contributed by atoms with van der Waals surface area (Å²) in [6.45, 7) is 0.252. The Morgan fingerprint density at radius 3 is 2.92 bits per heavy atom. The number of ether oxygens (including phenoxy) is 2. The highest BCUT2D eigenvalue weighted by molar-refractivity contribution is 14.1. The minimum Gasteiger partial charge on any atom is -0.491 e. The number of carbonyl (C=O) groups excluding carboxylic acids is 1. The van der Waals surface area contributed by atoms with E-state index in [-0.39, 0.29) is 19.1 Å². The number of amides is 1. The number of nitrogens with one attached hydrogen (secondary N) is 1. The van der Waals surface area contributed by atoms with E-state index in [9.17, 15) is 9.90 Å². The zero-order chi connectivity index (χ0) is 17.6. The molecule has 0 spiro atoms. The minimum atomic E-state index is -0.776. The maximum absolute atomic E-state index is 12.3. The predicted octanol–water partition coefficient (Wildman–Crippen LogP) is 2.54. The summed E-state index contributed by atoms with van der Waals surface area (Å²) in [4.78, 5) is 12.3. The van der Waals surface area contributed by atoms with E-state index in [1.807, 2.05) is 42.5 Å². The summed E-state index contributed by atoms with van der Waals surface area (Å²) in [5.74, 6) is 1.25. The van der Waals surface area contributed by atoms with Gasteiger partial charge in [0.2, 0.25) is 0 Å². The Morgan fingerprint density at radius 2 is 2.12 bits per heavy atom. The Balaban J connectivity index is 1.44. The van der Waals surface area contributed by atoms with E-state index in [0.717, 1.165) is 21.3 Å². The van der Waals surface area contributed by atoms with Crippen LogP contribution in [0.25, 0.3) is 0 Å². The number of hydrogen-bond donors (Lipinski definition) is 2. The van der Waals surface area contributed by atoms with Crippen LogP contribution in [0.2, 0.25) is 0 Å². The van der Waals surface area contributed by atoms with E-state index in [2.05, 4.69) is 34.0 Å². The topological polar surface area (TPSA) is 67.8 Å². The van der Waals surface area contributed by atoms with Gasteiger partial charge in [-0.25, -0.2) is 0 Å². The van der Waals surface area contributed by atoms with Crippen LogP contribution in [0.15, 0.2) is 48.5 Å². The number of aliphatic hydroxyl groups is 1. The van der Waals surface area contributed by atoms with Crippen molar-refractivity contribution in [1.29, 1.82) is 0 Å². The normalized spacial score (nSPS) is 17.1. The van der Waals surface area contributed by atoms with Crippen LogP contribution in [-0.4, -0.2) is 36.4 Å². The van der Waals surface area contributed by atoms with Crippen molar-refractivity contribution in [2.24, 2.45) is 0 Å². The Morgan fingerprint density at radius 1 is 1.32 bits per heavy atom. The van der Waals surface area contributed by atoms with Crippen LogP contribution >= 0.6 is 22.6 Å². The Bertz CT molecular complexity index is 723. The fourth-order valence-corrected chi connectivity index (χ4v) is 3.20. The van der Waals surface area contributed by atoms with Gasteiger partial charge in [-0.1, -0.05) is 18.2 Å². The van der Waals surface area contributed by atoms with Crippen molar-refractivity contribution in [3.05, 3.63) is 57.7 Å². The van der Waals surface area contributed by atoms with Gasteiger partial charge >= 0.3 is 0 Å². The van der Waals surface area contributed by atoms with Gasteiger partial charge in [-0.15, -0.1) is 0 Å². The highest BCUT2D eigenvalue weighted by Crippen LogP contribution is 2.29. The molecule has 0 radical (unpaired) electrons. The van der Waals surface area contributed by atoms with Crippen LogP contribution in [0.1, 0.15) is 12.0 Å². The van der Waals surface area contributed by atoms with Gasteiger partial charge in [-0.2, -0.15) is 0 Å². The molecule has 0 aliphatic carbocycles. The van der Waals surface area contributed by atoms with Crippen LogP contribution in [0, 0.1) is 3.57 Å². The molecule has 2 N–H and O–H groups in total. The highest BCUT2D eigenvalue weighted by atomic mass is 127. The predicted molar refractivity (Wildman–Crippen MR) is 103 cm³/mol. The number of fused-ring (bicyclic) bond motifs is 1. The number of hydrogen-bond acceptors (Lipinski definition) is 4. The van der Waals surface area contributed by atoms with Gasteiger partial charge in [0.05, 0.1) is 0 Å². The van der Waals surface area contributed by atoms with Crippen LogP contribution in [0.4, 0.5) is 0 Å². The lowest BCUT2D eigenvalue weighted by atomic mass is 10.0. The molecule has 5 nitrogen and oxygen atoms in total. The Kier molecular flexibility index (Phi) is 6.14. The van der Waals surface area contributed by atoms with E-state index < -0.39 is 12.2 Å². The van der Waals surface area contributed by atoms with Crippen LogP contribution < -0.4 is 14.8 Å². The van der Waals surface area contributed by atoms with Crippen molar-refractivity contribution in [3.8, 4) is 11.5 Å². The maximum atomic E-state index is 12.3. The molecule has 1 aliphatic rings. The summed E-state index contributed by atoms with van der Waals surface area (Å²) >= 11 is 2.26. The molecule has 0 saturated carbocycles. The van der Waals surface area contributed by atoms with E-state index in [0.29, 0.717) is 12.2 Å². The average molecular weight is 453 g/mol. The number of halogens is 1. The molecule has 0 fully saturated rings. The van der Waals surface area contributed by atoms with Crippen LogP contribution in [0.5, 0.6) is 11.5 Å². The second-order valence-electron chi connectivity index (χ2n) is 5.92. The SMILES string of the molecule is O=C(NC[C@H](O)COc1ccccc1)[C@H]1CCc2cc(I)ccc2O1. The van der Waals surface area contributed by atoms with E-state index in [4.69, 9.17) is 9.47 Å². The standard InChI is InChI=1S/C19H20INO4/c20-14-7-9-17-13(10-14)6-8-18(25-17)19(23)21-11-15(22)12-24-16-4-2-1-3-5-16/h1-5,7,9-10,15,18,22H,6,8,11-12H2,(H,21,23)/t15-,18+/m0/s1. The molecular weight excluding hydrogens is 433 g/mol. The smallest absolute Gasteiger partial charge is 0.261 e. The maximum Gasteiger partial charge on any atom is 0.261 e. The van der Waals surface area contributed by atoms with Gasteiger partial charge in [0.15, 0.2) is 6.10 Å². The first-order chi connectivity index (χ1) is 12.1. The molecule has 6 heteroatoms. The van der Waals surface area contributed by atoms with Gasteiger partial charge in [0.25, 0.3) is 5.91 Å². The molecule has 3 rings (SSSR count). The molecule has 0 saturated heterocycles. The van der Waals surface area contributed by atoms with Gasteiger partial charge < -0.3 is 19.9 Å². The summed E-state index contributed by atoms with van der Waals surface area (Å²) in [5.41, 5.74) is 1.13. The molecule has 0 bridgehead atoms. The molecular formula is C19H20INO4. The molecule has 132 valence electrons. The number of aliphatic hydroxyl groups excluding tert-OH is 1. The molecule has 1 amide bonds. The monoisotopic (exact) mass is 453 g/mol.